The van der Waals surface area contributed by atoms with Gasteiger partial charge in [-0.3, -0.25) is 4.79 Å². The van der Waals surface area contributed by atoms with Crippen LogP contribution >= 0.6 is 0 Å². The highest BCUT2D eigenvalue weighted by atomic mass is 32.2. The molecule has 0 unspecified atom stereocenters. The standard InChI is InChI=1S/C22H28N2O6S/c1-3-29-19-12-11-17(31(26,27)24-13-7-4-8-14-24)15-18(19)23-22(25)16-30-21-10-6-5-9-20(21)28-2/h5-6,9-12,15H,3-4,7-8,13-14,16H2,1-2H3,(H,23,25). The van der Waals surface area contributed by atoms with Crippen molar-refractivity contribution in [1.29, 1.82) is 0 Å². The van der Waals surface area contributed by atoms with Crippen molar-refractivity contribution >= 4 is 21.6 Å². The summed E-state index contributed by atoms with van der Waals surface area (Å²) < 4.78 is 43.8. The average Bonchev–Trinajstić information content (AvgIpc) is 2.79. The fourth-order valence-electron chi connectivity index (χ4n) is 3.37. The van der Waals surface area contributed by atoms with Crippen molar-refractivity contribution in [2.24, 2.45) is 0 Å². The maximum Gasteiger partial charge on any atom is 0.262 e. The molecule has 1 fully saturated rings. The van der Waals surface area contributed by atoms with Gasteiger partial charge >= 0.3 is 0 Å². The first-order valence-electron chi connectivity index (χ1n) is 10.3. The maximum absolute atomic E-state index is 13.0. The third-order valence-corrected chi connectivity index (χ3v) is 6.80. The zero-order chi connectivity index (χ0) is 22.3. The largest absolute Gasteiger partial charge is 0.493 e. The van der Waals surface area contributed by atoms with Crippen molar-refractivity contribution in [2.75, 3.05) is 38.7 Å². The monoisotopic (exact) mass is 448 g/mol. The number of hydrogen-bond acceptors (Lipinski definition) is 6. The first-order chi connectivity index (χ1) is 15.0. The van der Waals surface area contributed by atoms with E-state index in [-0.39, 0.29) is 17.2 Å². The van der Waals surface area contributed by atoms with E-state index in [1.54, 1.807) is 30.3 Å². The number of carbonyl (C=O) groups excluding carboxylic acids is 1. The number of methoxy groups -OCH3 is 1. The highest BCUT2D eigenvalue weighted by Gasteiger charge is 2.27. The quantitative estimate of drug-likeness (QED) is 0.633. The number of benzene rings is 2. The summed E-state index contributed by atoms with van der Waals surface area (Å²) in [5.41, 5.74) is 0.286. The topological polar surface area (TPSA) is 94.2 Å². The molecule has 0 atom stereocenters. The van der Waals surface area contributed by atoms with E-state index < -0.39 is 15.9 Å². The number of ether oxygens (including phenoxy) is 3. The molecule has 8 nitrogen and oxygen atoms in total. The van der Waals surface area contributed by atoms with E-state index in [9.17, 15) is 13.2 Å². The molecule has 1 N–H and O–H groups in total. The molecule has 3 rings (SSSR count). The van der Waals surface area contributed by atoms with Gasteiger partial charge in [0.1, 0.15) is 5.75 Å². The zero-order valence-electron chi connectivity index (χ0n) is 17.8. The third kappa shape index (κ3) is 5.68. The van der Waals surface area contributed by atoms with Crippen molar-refractivity contribution in [3.05, 3.63) is 42.5 Å². The molecule has 0 bridgehead atoms. The lowest BCUT2D eigenvalue weighted by molar-refractivity contribution is -0.118. The Bertz CT molecular complexity index is 1000. The molecule has 168 valence electrons. The second kappa shape index (κ2) is 10.5. The number of hydrogen-bond donors (Lipinski definition) is 1. The van der Waals surface area contributed by atoms with Crippen LogP contribution < -0.4 is 19.5 Å². The van der Waals surface area contributed by atoms with Crippen LogP contribution in [0.1, 0.15) is 26.2 Å². The Morgan fingerprint density at radius 3 is 2.39 bits per heavy atom. The first kappa shape index (κ1) is 22.9. The zero-order valence-corrected chi connectivity index (χ0v) is 18.6. The molecule has 0 radical (unpaired) electrons. The van der Waals surface area contributed by atoms with E-state index >= 15 is 0 Å². The Hall–Kier alpha value is -2.78. The van der Waals surface area contributed by atoms with Crippen molar-refractivity contribution < 1.29 is 27.4 Å². The van der Waals surface area contributed by atoms with Gasteiger partial charge in [0.2, 0.25) is 10.0 Å². The van der Waals surface area contributed by atoms with Gasteiger partial charge in [0, 0.05) is 13.1 Å². The number of rotatable bonds is 9. The van der Waals surface area contributed by atoms with Gasteiger partial charge in [-0.05, 0) is 50.1 Å². The fraction of sp³-hybridized carbons (Fsp3) is 0.409. The molecule has 2 aromatic rings. The second-order valence-electron chi connectivity index (χ2n) is 7.04. The predicted molar refractivity (Wildman–Crippen MR) is 117 cm³/mol. The summed E-state index contributed by atoms with van der Waals surface area (Å²) in [5.74, 6) is 0.900. The van der Waals surface area contributed by atoms with Crippen LogP contribution in [-0.4, -0.2) is 52.0 Å². The van der Waals surface area contributed by atoms with Gasteiger partial charge in [0.15, 0.2) is 18.1 Å². The van der Waals surface area contributed by atoms with E-state index in [4.69, 9.17) is 14.2 Å². The maximum atomic E-state index is 13.0. The van der Waals surface area contributed by atoms with Crippen LogP contribution in [-0.2, 0) is 14.8 Å². The Kier molecular flexibility index (Phi) is 7.75. The third-order valence-electron chi connectivity index (χ3n) is 4.91. The number of anilines is 1. The number of para-hydroxylation sites is 2. The lowest BCUT2D eigenvalue weighted by Crippen LogP contribution is -2.35. The number of nitrogens with zero attached hydrogens (tertiary/aromatic N) is 1. The predicted octanol–water partition coefficient (Wildman–Crippen LogP) is 3.29. The van der Waals surface area contributed by atoms with Crippen LogP contribution in [0.15, 0.2) is 47.4 Å². The van der Waals surface area contributed by atoms with E-state index in [0.717, 1.165) is 19.3 Å². The van der Waals surface area contributed by atoms with Crippen LogP contribution in [0.25, 0.3) is 0 Å². The molecule has 1 amide bonds. The van der Waals surface area contributed by atoms with Crippen LogP contribution in [0.2, 0.25) is 0 Å². The molecule has 0 aromatic heterocycles. The molecule has 1 saturated heterocycles. The van der Waals surface area contributed by atoms with E-state index in [1.807, 2.05) is 6.92 Å². The molecule has 0 aliphatic carbocycles. The molecule has 0 spiro atoms. The summed E-state index contributed by atoms with van der Waals surface area (Å²) in [7, 11) is -2.12. The van der Waals surface area contributed by atoms with E-state index in [1.165, 1.54) is 23.5 Å². The van der Waals surface area contributed by atoms with Gasteiger partial charge < -0.3 is 19.5 Å². The van der Waals surface area contributed by atoms with Crippen molar-refractivity contribution in [3.8, 4) is 17.2 Å². The Morgan fingerprint density at radius 2 is 1.71 bits per heavy atom. The van der Waals surface area contributed by atoms with Crippen LogP contribution in [0.3, 0.4) is 0 Å². The summed E-state index contributed by atoms with van der Waals surface area (Å²) in [6.45, 7) is 2.93. The number of carbonyl (C=O) groups is 1. The Labute approximate surface area is 183 Å². The minimum Gasteiger partial charge on any atom is -0.493 e. The van der Waals surface area contributed by atoms with Gasteiger partial charge in [-0.25, -0.2) is 8.42 Å². The van der Waals surface area contributed by atoms with Gasteiger partial charge in [-0.1, -0.05) is 18.6 Å². The summed E-state index contributed by atoms with van der Waals surface area (Å²) in [6, 6.07) is 11.5. The van der Waals surface area contributed by atoms with Crippen LogP contribution in [0.5, 0.6) is 17.2 Å². The average molecular weight is 449 g/mol. The SMILES string of the molecule is CCOc1ccc(S(=O)(=O)N2CCCCC2)cc1NC(=O)COc1ccccc1OC. The Morgan fingerprint density at radius 1 is 1.00 bits per heavy atom. The number of amides is 1. The van der Waals surface area contributed by atoms with Crippen LogP contribution in [0, 0.1) is 0 Å². The van der Waals surface area contributed by atoms with Gasteiger partial charge in [0.25, 0.3) is 5.91 Å². The molecule has 9 heteroatoms. The number of sulfonamides is 1. The first-order valence-corrected chi connectivity index (χ1v) is 11.7. The molecule has 1 aliphatic heterocycles. The van der Waals surface area contributed by atoms with E-state index in [2.05, 4.69) is 5.32 Å². The molecule has 0 saturated carbocycles. The van der Waals surface area contributed by atoms with Crippen LogP contribution in [0.4, 0.5) is 5.69 Å². The summed E-state index contributed by atoms with van der Waals surface area (Å²) in [5, 5.41) is 2.71. The summed E-state index contributed by atoms with van der Waals surface area (Å²) in [6.07, 6.45) is 2.73. The highest BCUT2D eigenvalue weighted by Crippen LogP contribution is 2.30. The molecule has 1 heterocycles. The van der Waals surface area contributed by atoms with Gasteiger partial charge in [0.05, 0.1) is 24.3 Å². The van der Waals surface area contributed by atoms with Gasteiger partial charge in [-0.15, -0.1) is 0 Å². The van der Waals surface area contributed by atoms with Crippen molar-refractivity contribution in [3.63, 3.8) is 0 Å². The van der Waals surface area contributed by atoms with E-state index in [0.29, 0.717) is 36.9 Å². The Balaban J connectivity index is 1.76. The highest BCUT2D eigenvalue weighted by molar-refractivity contribution is 7.89. The lowest BCUT2D eigenvalue weighted by Gasteiger charge is -2.26. The molecule has 2 aromatic carbocycles. The summed E-state index contributed by atoms with van der Waals surface area (Å²) >= 11 is 0. The number of piperidine rings is 1. The van der Waals surface area contributed by atoms with Gasteiger partial charge in [-0.2, -0.15) is 4.31 Å². The lowest BCUT2D eigenvalue weighted by atomic mass is 10.2. The molecule has 31 heavy (non-hydrogen) atoms. The normalized spacial score (nSPS) is 14.6. The smallest absolute Gasteiger partial charge is 0.262 e. The minimum atomic E-state index is -3.64. The molecule has 1 aliphatic rings. The molecular formula is C22H28N2O6S. The number of nitrogens with one attached hydrogen (secondary N) is 1. The van der Waals surface area contributed by atoms with Crippen molar-refractivity contribution in [1.82, 2.24) is 4.31 Å². The fourth-order valence-corrected chi connectivity index (χ4v) is 4.91. The minimum absolute atomic E-state index is 0.124. The molecular weight excluding hydrogens is 420 g/mol. The summed E-state index contributed by atoms with van der Waals surface area (Å²) in [4.78, 5) is 12.6. The van der Waals surface area contributed by atoms with Crippen molar-refractivity contribution in [2.45, 2.75) is 31.1 Å². The second-order valence-corrected chi connectivity index (χ2v) is 8.98.